The van der Waals surface area contributed by atoms with E-state index in [9.17, 15) is 13.2 Å². The Kier molecular flexibility index (Phi) is 7.66. The standard InChI is InChI=1S/C25H28N2O6S/c1-19(33-24-8-4-6-20-5-2-3-7-23(20)24)25(28)26-13-16-32-21-9-11-22(12-10-21)34(29,30)27-14-17-31-18-15-27/h2-12,19H,13-18H2,1H3,(H,26,28). The number of carbonyl (C=O) groups excluding carboxylic acids is 1. The van der Waals surface area contributed by atoms with Gasteiger partial charge in [-0.05, 0) is 42.6 Å². The van der Waals surface area contributed by atoms with E-state index in [0.29, 0.717) is 37.8 Å². The number of carbonyl (C=O) groups is 1. The van der Waals surface area contributed by atoms with Gasteiger partial charge >= 0.3 is 0 Å². The molecule has 1 heterocycles. The zero-order valence-corrected chi connectivity index (χ0v) is 19.8. The highest BCUT2D eigenvalue weighted by Gasteiger charge is 2.26. The molecule has 1 amide bonds. The minimum absolute atomic E-state index is 0.217. The van der Waals surface area contributed by atoms with Crippen molar-refractivity contribution in [3.05, 3.63) is 66.7 Å². The lowest BCUT2D eigenvalue weighted by molar-refractivity contribution is -0.127. The second kappa shape index (κ2) is 10.9. The van der Waals surface area contributed by atoms with E-state index in [-0.39, 0.29) is 24.0 Å². The summed E-state index contributed by atoms with van der Waals surface area (Å²) in [4.78, 5) is 12.6. The molecule has 8 nitrogen and oxygen atoms in total. The Labute approximate surface area is 199 Å². The van der Waals surface area contributed by atoms with Gasteiger partial charge in [0.2, 0.25) is 10.0 Å². The number of rotatable bonds is 9. The molecular formula is C25H28N2O6S. The van der Waals surface area contributed by atoms with Gasteiger partial charge in [-0.2, -0.15) is 4.31 Å². The van der Waals surface area contributed by atoms with Crippen LogP contribution in [0.5, 0.6) is 11.5 Å². The van der Waals surface area contributed by atoms with Crippen LogP contribution < -0.4 is 14.8 Å². The Balaban J connectivity index is 1.24. The molecule has 1 unspecified atom stereocenters. The number of hydrogen-bond acceptors (Lipinski definition) is 6. The van der Waals surface area contributed by atoms with Crippen LogP contribution in [0.4, 0.5) is 0 Å². The van der Waals surface area contributed by atoms with Crippen LogP contribution in [-0.2, 0) is 19.6 Å². The van der Waals surface area contributed by atoms with Gasteiger partial charge in [-0.3, -0.25) is 4.79 Å². The summed E-state index contributed by atoms with van der Waals surface area (Å²) in [5.41, 5.74) is 0. The summed E-state index contributed by atoms with van der Waals surface area (Å²) in [5, 5.41) is 4.79. The van der Waals surface area contributed by atoms with Gasteiger partial charge in [0.25, 0.3) is 5.91 Å². The first-order valence-corrected chi connectivity index (χ1v) is 12.6. The number of nitrogens with one attached hydrogen (secondary N) is 1. The Morgan fingerprint density at radius 1 is 1.03 bits per heavy atom. The molecule has 34 heavy (non-hydrogen) atoms. The summed E-state index contributed by atoms with van der Waals surface area (Å²) in [5.74, 6) is 0.933. The average Bonchev–Trinajstić information content (AvgIpc) is 2.87. The number of sulfonamides is 1. The van der Waals surface area contributed by atoms with Crippen molar-refractivity contribution in [3.63, 3.8) is 0 Å². The van der Waals surface area contributed by atoms with Crippen molar-refractivity contribution >= 4 is 26.7 Å². The summed E-state index contributed by atoms with van der Waals surface area (Å²) in [7, 11) is -3.54. The molecule has 0 aliphatic carbocycles. The fourth-order valence-corrected chi connectivity index (χ4v) is 5.08. The van der Waals surface area contributed by atoms with Crippen molar-refractivity contribution in [2.45, 2.75) is 17.9 Å². The van der Waals surface area contributed by atoms with Crippen molar-refractivity contribution in [1.29, 1.82) is 0 Å². The maximum absolute atomic E-state index is 12.7. The molecule has 1 aliphatic heterocycles. The second-order valence-corrected chi connectivity index (χ2v) is 9.80. The topological polar surface area (TPSA) is 94.2 Å². The van der Waals surface area contributed by atoms with Gasteiger partial charge in [0.05, 0.1) is 24.7 Å². The summed E-state index contributed by atoms with van der Waals surface area (Å²) in [6, 6.07) is 19.9. The number of nitrogens with zero attached hydrogens (tertiary/aromatic N) is 1. The van der Waals surface area contributed by atoms with Crippen LogP contribution in [0.3, 0.4) is 0 Å². The lowest BCUT2D eigenvalue weighted by atomic mass is 10.1. The zero-order chi connectivity index (χ0) is 24.0. The summed E-state index contributed by atoms with van der Waals surface area (Å²) in [6.07, 6.45) is -0.671. The Bertz CT molecular complexity index is 1220. The maximum atomic E-state index is 12.7. The van der Waals surface area contributed by atoms with Crippen LogP contribution in [0, 0.1) is 0 Å². The van der Waals surface area contributed by atoms with Gasteiger partial charge in [-0.25, -0.2) is 8.42 Å². The molecule has 1 atom stereocenters. The number of fused-ring (bicyclic) bond motifs is 1. The Morgan fingerprint density at radius 3 is 2.50 bits per heavy atom. The average molecular weight is 485 g/mol. The van der Waals surface area contributed by atoms with E-state index in [4.69, 9.17) is 14.2 Å². The van der Waals surface area contributed by atoms with E-state index in [1.807, 2.05) is 42.5 Å². The minimum atomic E-state index is -3.54. The van der Waals surface area contributed by atoms with Crippen LogP contribution in [0.15, 0.2) is 71.6 Å². The predicted molar refractivity (Wildman–Crippen MR) is 129 cm³/mol. The van der Waals surface area contributed by atoms with E-state index in [0.717, 1.165) is 10.8 Å². The fraction of sp³-hybridized carbons (Fsp3) is 0.320. The summed E-state index contributed by atoms with van der Waals surface area (Å²) in [6.45, 7) is 3.73. The van der Waals surface area contributed by atoms with Crippen LogP contribution in [0.2, 0.25) is 0 Å². The Morgan fingerprint density at radius 2 is 1.74 bits per heavy atom. The highest BCUT2D eigenvalue weighted by Crippen LogP contribution is 2.26. The zero-order valence-electron chi connectivity index (χ0n) is 19.0. The van der Waals surface area contributed by atoms with Gasteiger partial charge in [-0.1, -0.05) is 36.4 Å². The SMILES string of the molecule is CC(Oc1cccc2ccccc12)C(=O)NCCOc1ccc(S(=O)(=O)N2CCOCC2)cc1. The van der Waals surface area contributed by atoms with E-state index in [2.05, 4.69) is 5.32 Å². The molecule has 0 saturated carbocycles. The van der Waals surface area contributed by atoms with Gasteiger partial charge < -0.3 is 19.5 Å². The monoisotopic (exact) mass is 484 g/mol. The largest absolute Gasteiger partial charge is 0.492 e. The van der Waals surface area contributed by atoms with E-state index >= 15 is 0 Å². The summed E-state index contributed by atoms with van der Waals surface area (Å²) >= 11 is 0. The van der Waals surface area contributed by atoms with E-state index < -0.39 is 16.1 Å². The number of ether oxygens (including phenoxy) is 3. The highest BCUT2D eigenvalue weighted by atomic mass is 32.2. The normalized spacial score (nSPS) is 15.6. The van der Waals surface area contributed by atoms with Gasteiger partial charge in [-0.15, -0.1) is 0 Å². The molecule has 0 radical (unpaired) electrons. The second-order valence-electron chi connectivity index (χ2n) is 7.86. The molecule has 1 saturated heterocycles. The third kappa shape index (κ3) is 5.67. The predicted octanol–water partition coefficient (Wildman–Crippen LogP) is 2.82. The molecule has 3 aromatic rings. The number of morpholine rings is 1. The van der Waals surface area contributed by atoms with Crippen LogP contribution in [0.1, 0.15) is 6.92 Å². The third-order valence-electron chi connectivity index (χ3n) is 5.52. The first-order valence-electron chi connectivity index (χ1n) is 11.2. The highest BCUT2D eigenvalue weighted by molar-refractivity contribution is 7.89. The van der Waals surface area contributed by atoms with Crippen molar-refractivity contribution in [2.24, 2.45) is 0 Å². The summed E-state index contributed by atoms with van der Waals surface area (Å²) < 4.78 is 43.5. The first kappa shape index (κ1) is 24.0. The van der Waals surface area contributed by atoms with Gasteiger partial charge in [0.1, 0.15) is 18.1 Å². The molecule has 180 valence electrons. The molecule has 1 N–H and O–H groups in total. The van der Waals surface area contributed by atoms with Crippen molar-refractivity contribution in [1.82, 2.24) is 9.62 Å². The van der Waals surface area contributed by atoms with E-state index in [1.165, 1.54) is 16.4 Å². The smallest absolute Gasteiger partial charge is 0.260 e. The number of amides is 1. The van der Waals surface area contributed by atoms with E-state index in [1.54, 1.807) is 19.1 Å². The molecule has 0 spiro atoms. The molecule has 0 aromatic heterocycles. The third-order valence-corrected chi connectivity index (χ3v) is 7.44. The Hall–Kier alpha value is -3.14. The minimum Gasteiger partial charge on any atom is -0.492 e. The number of benzene rings is 3. The van der Waals surface area contributed by atoms with Crippen molar-refractivity contribution in [3.8, 4) is 11.5 Å². The molecule has 1 aliphatic rings. The maximum Gasteiger partial charge on any atom is 0.260 e. The molecule has 9 heteroatoms. The van der Waals surface area contributed by atoms with Crippen LogP contribution in [0.25, 0.3) is 10.8 Å². The van der Waals surface area contributed by atoms with Gasteiger partial charge in [0.15, 0.2) is 6.10 Å². The number of hydrogen-bond donors (Lipinski definition) is 1. The molecule has 4 rings (SSSR count). The van der Waals surface area contributed by atoms with Gasteiger partial charge in [0, 0.05) is 18.5 Å². The molecule has 0 bridgehead atoms. The first-order chi connectivity index (χ1) is 16.4. The van der Waals surface area contributed by atoms with Crippen molar-refractivity contribution in [2.75, 3.05) is 39.5 Å². The lowest BCUT2D eigenvalue weighted by Gasteiger charge is -2.26. The quantitative estimate of drug-likeness (QED) is 0.470. The molecule has 1 fully saturated rings. The van der Waals surface area contributed by atoms with Crippen molar-refractivity contribution < 1.29 is 27.4 Å². The lowest BCUT2D eigenvalue weighted by Crippen LogP contribution is -2.40. The fourth-order valence-electron chi connectivity index (χ4n) is 3.67. The van der Waals surface area contributed by atoms with Crippen LogP contribution >= 0.6 is 0 Å². The molecular weight excluding hydrogens is 456 g/mol. The molecule has 3 aromatic carbocycles. The van der Waals surface area contributed by atoms with Crippen LogP contribution in [-0.4, -0.2) is 64.2 Å².